The molecule has 0 saturated carbocycles. The topological polar surface area (TPSA) is 84.2 Å². The SMILES string of the molecule is Nc1ccc(Cl)c(C(=O)NC2CNC(=O)C2)c1. The molecule has 1 heterocycles. The van der Waals surface area contributed by atoms with Crippen LogP contribution >= 0.6 is 11.6 Å². The number of benzene rings is 1. The van der Waals surface area contributed by atoms with Crippen molar-refractivity contribution < 1.29 is 9.59 Å². The number of nitrogens with one attached hydrogen (secondary N) is 2. The standard InChI is InChI=1S/C11H12ClN3O2/c12-9-2-1-6(13)3-8(9)11(17)15-7-4-10(16)14-5-7/h1-3,7H,4-5,13H2,(H,14,16)(H,15,17). The fourth-order valence-corrected chi connectivity index (χ4v) is 1.89. The summed E-state index contributed by atoms with van der Waals surface area (Å²) < 4.78 is 0. The molecule has 6 heteroatoms. The maximum absolute atomic E-state index is 11.9. The van der Waals surface area contributed by atoms with E-state index in [-0.39, 0.29) is 17.9 Å². The number of nitrogens with two attached hydrogens (primary N) is 1. The number of rotatable bonds is 2. The molecule has 4 N–H and O–H groups in total. The van der Waals surface area contributed by atoms with Crippen molar-refractivity contribution in [3.8, 4) is 0 Å². The molecule has 1 aliphatic rings. The zero-order valence-corrected chi connectivity index (χ0v) is 9.75. The highest BCUT2D eigenvalue weighted by Gasteiger charge is 2.24. The molecule has 1 saturated heterocycles. The number of carbonyl (C=O) groups is 2. The molecule has 17 heavy (non-hydrogen) atoms. The van der Waals surface area contributed by atoms with Gasteiger partial charge in [0.2, 0.25) is 5.91 Å². The Kier molecular flexibility index (Phi) is 3.19. The Morgan fingerprint density at radius 2 is 2.29 bits per heavy atom. The van der Waals surface area contributed by atoms with Gasteiger partial charge in [-0.05, 0) is 18.2 Å². The molecule has 0 radical (unpaired) electrons. The third-order valence-corrected chi connectivity index (χ3v) is 2.88. The van der Waals surface area contributed by atoms with Crippen LogP contribution in [0.3, 0.4) is 0 Å². The Bertz CT molecular complexity index is 476. The van der Waals surface area contributed by atoms with E-state index in [0.717, 1.165) is 0 Å². The molecule has 1 fully saturated rings. The summed E-state index contributed by atoms with van der Waals surface area (Å²) in [6.45, 7) is 0.449. The number of halogens is 1. The summed E-state index contributed by atoms with van der Waals surface area (Å²) in [5.74, 6) is -0.377. The summed E-state index contributed by atoms with van der Waals surface area (Å²) in [5, 5.41) is 5.71. The number of anilines is 1. The molecule has 0 spiro atoms. The van der Waals surface area contributed by atoms with Crippen LogP contribution in [0.2, 0.25) is 5.02 Å². The van der Waals surface area contributed by atoms with E-state index in [1.807, 2.05) is 0 Å². The van der Waals surface area contributed by atoms with Crippen molar-refractivity contribution in [2.75, 3.05) is 12.3 Å². The average Bonchev–Trinajstić information content (AvgIpc) is 2.67. The number of nitrogen functional groups attached to an aromatic ring is 1. The van der Waals surface area contributed by atoms with Crippen LogP contribution in [0.4, 0.5) is 5.69 Å². The monoisotopic (exact) mass is 253 g/mol. The molecule has 5 nitrogen and oxygen atoms in total. The molecule has 1 unspecified atom stereocenters. The summed E-state index contributed by atoms with van der Waals surface area (Å²) >= 11 is 5.91. The highest BCUT2D eigenvalue weighted by Crippen LogP contribution is 2.19. The fourth-order valence-electron chi connectivity index (χ4n) is 1.69. The van der Waals surface area contributed by atoms with Crippen molar-refractivity contribution in [1.29, 1.82) is 0 Å². The first-order chi connectivity index (χ1) is 8.06. The molecule has 1 aliphatic heterocycles. The Labute approximate surface area is 103 Å². The highest BCUT2D eigenvalue weighted by molar-refractivity contribution is 6.34. The van der Waals surface area contributed by atoms with E-state index < -0.39 is 0 Å². The van der Waals surface area contributed by atoms with Crippen molar-refractivity contribution in [2.45, 2.75) is 12.5 Å². The normalized spacial score (nSPS) is 18.9. The summed E-state index contributed by atoms with van der Waals surface area (Å²) in [5.41, 5.74) is 6.39. The largest absolute Gasteiger partial charge is 0.399 e. The number of hydrogen-bond acceptors (Lipinski definition) is 3. The van der Waals surface area contributed by atoms with Crippen LogP contribution < -0.4 is 16.4 Å². The lowest BCUT2D eigenvalue weighted by atomic mass is 10.1. The minimum absolute atomic E-state index is 0.0611. The highest BCUT2D eigenvalue weighted by atomic mass is 35.5. The molecule has 0 aromatic heterocycles. The molecular formula is C11H12ClN3O2. The zero-order valence-electron chi connectivity index (χ0n) is 9.00. The molecular weight excluding hydrogens is 242 g/mol. The Morgan fingerprint density at radius 3 is 2.94 bits per heavy atom. The number of carbonyl (C=O) groups excluding carboxylic acids is 2. The van der Waals surface area contributed by atoms with E-state index >= 15 is 0 Å². The average molecular weight is 254 g/mol. The molecule has 0 aliphatic carbocycles. The van der Waals surface area contributed by atoms with Gasteiger partial charge in [-0.2, -0.15) is 0 Å². The van der Waals surface area contributed by atoms with Gasteiger partial charge >= 0.3 is 0 Å². The first-order valence-electron chi connectivity index (χ1n) is 5.19. The Morgan fingerprint density at radius 1 is 1.53 bits per heavy atom. The van der Waals surface area contributed by atoms with Gasteiger partial charge in [0.1, 0.15) is 0 Å². The second-order valence-corrected chi connectivity index (χ2v) is 4.33. The van der Waals surface area contributed by atoms with Crippen LogP contribution in [-0.2, 0) is 4.79 Å². The predicted octanol–water partition coefficient (Wildman–Crippen LogP) is 0.541. The second-order valence-electron chi connectivity index (χ2n) is 3.92. The van der Waals surface area contributed by atoms with Crippen molar-refractivity contribution >= 4 is 29.1 Å². The van der Waals surface area contributed by atoms with Crippen LogP contribution in [0.1, 0.15) is 16.8 Å². The van der Waals surface area contributed by atoms with Gasteiger partial charge in [0.15, 0.2) is 0 Å². The van der Waals surface area contributed by atoms with Crippen LogP contribution in [0.25, 0.3) is 0 Å². The first-order valence-corrected chi connectivity index (χ1v) is 5.56. The smallest absolute Gasteiger partial charge is 0.253 e. The van der Waals surface area contributed by atoms with Gasteiger partial charge in [-0.25, -0.2) is 0 Å². The summed E-state index contributed by atoms with van der Waals surface area (Å²) in [6, 6.07) is 4.53. The lowest BCUT2D eigenvalue weighted by molar-refractivity contribution is -0.119. The zero-order chi connectivity index (χ0) is 12.4. The van der Waals surface area contributed by atoms with E-state index in [9.17, 15) is 9.59 Å². The third kappa shape index (κ3) is 2.68. The quantitative estimate of drug-likeness (QED) is 0.673. The minimum Gasteiger partial charge on any atom is -0.399 e. The summed E-state index contributed by atoms with van der Waals surface area (Å²) in [6.07, 6.45) is 0.297. The van der Waals surface area contributed by atoms with Crippen LogP contribution in [-0.4, -0.2) is 24.4 Å². The molecule has 2 amide bonds. The van der Waals surface area contributed by atoms with Crippen molar-refractivity contribution in [3.05, 3.63) is 28.8 Å². The van der Waals surface area contributed by atoms with E-state index in [1.54, 1.807) is 12.1 Å². The summed E-state index contributed by atoms with van der Waals surface area (Å²) in [4.78, 5) is 22.9. The van der Waals surface area contributed by atoms with Crippen molar-refractivity contribution in [3.63, 3.8) is 0 Å². The third-order valence-electron chi connectivity index (χ3n) is 2.55. The molecule has 2 rings (SSSR count). The maximum atomic E-state index is 11.9. The van der Waals surface area contributed by atoms with Gasteiger partial charge in [-0.3, -0.25) is 9.59 Å². The van der Waals surface area contributed by atoms with E-state index in [4.69, 9.17) is 17.3 Å². The maximum Gasteiger partial charge on any atom is 0.253 e. The van der Waals surface area contributed by atoms with Gasteiger partial charge in [0.05, 0.1) is 16.6 Å². The van der Waals surface area contributed by atoms with Crippen LogP contribution in [0.15, 0.2) is 18.2 Å². The van der Waals surface area contributed by atoms with Gasteiger partial charge in [-0.1, -0.05) is 11.6 Å². The number of hydrogen-bond donors (Lipinski definition) is 3. The van der Waals surface area contributed by atoms with Crippen LogP contribution in [0.5, 0.6) is 0 Å². The van der Waals surface area contributed by atoms with E-state index in [2.05, 4.69) is 10.6 Å². The van der Waals surface area contributed by atoms with E-state index in [0.29, 0.717) is 29.2 Å². The summed E-state index contributed by atoms with van der Waals surface area (Å²) in [7, 11) is 0. The lowest BCUT2D eigenvalue weighted by Crippen LogP contribution is -2.36. The molecule has 1 aromatic rings. The molecule has 1 aromatic carbocycles. The molecule has 1 atom stereocenters. The van der Waals surface area contributed by atoms with Gasteiger partial charge in [-0.15, -0.1) is 0 Å². The molecule has 0 bridgehead atoms. The Hall–Kier alpha value is -1.75. The van der Waals surface area contributed by atoms with E-state index in [1.165, 1.54) is 6.07 Å². The fraction of sp³-hybridized carbons (Fsp3) is 0.273. The lowest BCUT2D eigenvalue weighted by Gasteiger charge is -2.11. The number of amides is 2. The van der Waals surface area contributed by atoms with Crippen molar-refractivity contribution in [1.82, 2.24) is 10.6 Å². The van der Waals surface area contributed by atoms with Gasteiger partial charge in [0, 0.05) is 18.7 Å². The second kappa shape index (κ2) is 4.63. The van der Waals surface area contributed by atoms with Crippen LogP contribution in [0, 0.1) is 0 Å². The molecule has 90 valence electrons. The first kappa shape index (κ1) is 11.7. The van der Waals surface area contributed by atoms with Crippen molar-refractivity contribution in [2.24, 2.45) is 0 Å². The Balaban J connectivity index is 2.09. The van der Waals surface area contributed by atoms with Gasteiger partial charge < -0.3 is 16.4 Å². The predicted molar refractivity (Wildman–Crippen MR) is 64.7 cm³/mol. The minimum atomic E-state index is -0.316. The van der Waals surface area contributed by atoms with Gasteiger partial charge in [0.25, 0.3) is 5.91 Å².